The second kappa shape index (κ2) is 5.49. The van der Waals surface area contributed by atoms with E-state index in [0.29, 0.717) is 0 Å². The van der Waals surface area contributed by atoms with Gasteiger partial charge in [0.05, 0.1) is 0 Å². The first-order chi connectivity index (χ1) is 6.33. The Bertz CT molecular complexity index is 254. The maximum absolute atomic E-state index is 4.04. The van der Waals surface area contributed by atoms with Gasteiger partial charge in [-0.3, -0.25) is 4.98 Å². The van der Waals surface area contributed by atoms with Gasteiger partial charge in [-0.25, -0.2) is 0 Å². The molecule has 2 heteroatoms. The second-order valence-corrected chi connectivity index (χ2v) is 3.04. The summed E-state index contributed by atoms with van der Waals surface area (Å²) in [6, 6.07) is 4.00. The standard InChI is InChI=1S/C11H16N2/c1-3-13(2)9-5-7-11-6-4-8-12-10-11/h4-8,10H,3,9H2,1-2H3/b7-5+. The zero-order valence-corrected chi connectivity index (χ0v) is 8.27. The first-order valence-corrected chi connectivity index (χ1v) is 4.58. The predicted molar refractivity (Wildman–Crippen MR) is 56.4 cm³/mol. The van der Waals surface area contributed by atoms with Crippen molar-refractivity contribution in [1.29, 1.82) is 0 Å². The first kappa shape index (κ1) is 9.93. The van der Waals surface area contributed by atoms with Crippen molar-refractivity contribution >= 4 is 6.08 Å². The molecular formula is C11H16N2. The molecule has 0 aliphatic rings. The third-order valence-corrected chi connectivity index (χ3v) is 1.95. The minimum Gasteiger partial charge on any atom is -0.303 e. The van der Waals surface area contributed by atoms with Crippen LogP contribution in [0.5, 0.6) is 0 Å². The van der Waals surface area contributed by atoms with E-state index >= 15 is 0 Å². The molecule has 0 aliphatic heterocycles. The molecule has 70 valence electrons. The number of hydrogen-bond donors (Lipinski definition) is 0. The summed E-state index contributed by atoms with van der Waals surface area (Å²) in [4.78, 5) is 6.28. The van der Waals surface area contributed by atoms with E-state index in [1.165, 1.54) is 0 Å². The molecule has 0 aromatic carbocycles. The molecule has 2 nitrogen and oxygen atoms in total. The fourth-order valence-electron chi connectivity index (χ4n) is 0.972. The molecular weight excluding hydrogens is 160 g/mol. The molecule has 0 aliphatic carbocycles. The lowest BCUT2D eigenvalue weighted by Gasteiger charge is -2.09. The van der Waals surface area contributed by atoms with Crippen LogP contribution in [0.1, 0.15) is 12.5 Å². The Morgan fingerprint density at radius 2 is 2.38 bits per heavy atom. The highest BCUT2D eigenvalue weighted by Crippen LogP contribution is 1.98. The summed E-state index contributed by atoms with van der Waals surface area (Å²) >= 11 is 0. The molecule has 1 rings (SSSR count). The van der Waals surface area contributed by atoms with E-state index in [-0.39, 0.29) is 0 Å². The van der Waals surface area contributed by atoms with Crippen molar-refractivity contribution in [2.75, 3.05) is 20.1 Å². The van der Waals surface area contributed by atoms with Gasteiger partial charge in [0, 0.05) is 18.9 Å². The van der Waals surface area contributed by atoms with Crippen LogP contribution in [-0.2, 0) is 0 Å². The highest BCUT2D eigenvalue weighted by atomic mass is 15.1. The van der Waals surface area contributed by atoms with Crippen molar-refractivity contribution in [3.63, 3.8) is 0 Å². The van der Waals surface area contributed by atoms with Crippen LogP contribution in [-0.4, -0.2) is 30.0 Å². The van der Waals surface area contributed by atoms with Gasteiger partial charge in [0.2, 0.25) is 0 Å². The fourth-order valence-corrected chi connectivity index (χ4v) is 0.972. The number of hydrogen-bond acceptors (Lipinski definition) is 2. The Morgan fingerprint density at radius 3 is 3.00 bits per heavy atom. The van der Waals surface area contributed by atoms with E-state index < -0.39 is 0 Å². The Morgan fingerprint density at radius 1 is 1.54 bits per heavy atom. The second-order valence-electron chi connectivity index (χ2n) is 3.04. The third kappa shape index (κ3) is 3.85. The molecule has 0 radical (unpaired) electrons. The lowest BCUT2D eigenvalue weighted by atomic mass is 10.2. The number of aromatic nitrogens is 1. The average Bonchev–Trinajstić information content (AvgIpc) is 2.19. The van der Waals surface area contributed by atoms with E-state index in [4.69, 9.17) is 0 Å². The molecule has 0 saturated heterocycles. The molecule has 1 heterocycles. The van der Waals surface area contributed by atoms with E-state index in [0.717, 1.165) is 18.7 Å². The minimum atomic E-state index is 0.991. The van der Waals surface area contributed by atoms with Crippen molar-refractivity contribution in [3.05, 3.63) is 36.2 Å². The van der Waals surface area contributed by atoms with Crippen LogP contribution in [0.25, 0.3) is 6.08 Å². The molecule has 13 heavy (non-hydrogen) atoms. The van der Waals surface area contributed by atoms with Gasteiger partial charge in [-0.15, -0.1) is 0 Å². The van der Waals surface area contributed by atoms with Crippen LogP contribution in [0, 0.1) is 0 Å². The van der Waals surface area contributed by atoms with Crippen LogP contribution in [0.4, 0.5) is 0 Å². The van der Waals surface area contributed by atoms with Crippen molar-refractivity contribution in [1.82, 2.24) is 9.88 Å². The topological polar surface area (TPSA) is 16.1 Å². The lowest BCUT2D eigenvalue weighted by Crippen LogP contribution is -2.16. The van der Waals surface area contributed by atoms with Crippen LogP contribution in [0.3, 0.4) is 0 Å². The number of nitrogens with zero attached hydrogens (tertiary/aromatic N) is 2. The third-order valence-electron chi connectivity index (χ3n) is 1.95. The average molecular weight is 176 g/mol. The van der Waals surface area contributed by atoms with Crippen LogP contribution < -0.4 is 0 Å². The lowest BCUT2D eigenvalue weighted by molar-refractivity contribution is 0.393. The summed E-state index contributed by atoms with van der Waals surface area (Å²) in [5.74, 6) is 0. The molecule has 0 spiro atoms. The summed E-state index contributed by atoms with van der Waals surface area (Å²) in [6.45, 7) is 4.22. The number of likely N-dealkylation sites (N-methyl/N-ethyl adjacent to an activating group) is 1. The molecule has 1 aromatic rings. The van der Waals surface area contributed by atoms with Gasteiger partial charge in [-0.05, 0) is 25.2 Å². The molecule has 0 bridgehead atoms. The molecule has 1 aromatic heterocycles. The normalized spacial score (nSPS) is 11.3. The molecule has 0 fully saturated rings. The zero-order valence-electron chi connectivity index (χ0n) is 8.27. The maximum Gasteiger partial charge on any atom is 0.0340 e. The van der Waals surface area contributed by atoms with Gasteiger partial charge in [0.1, 0.15) is 0 Å². The fraction of sp³-hybridized carbons (Fsp3) is 0.364. The SMILES string of the molecule is CCN(C)C/C=C/c1cccnc1. The molecule has 0 N–H and O–H groups in total. The highest BCUT2D eigenvalue weighted by Gasteiger charge is 1.88. The quantitative estimate of drug-likeness (QED) is 0.698. The van der Waals surface area contributed by atoms with E-state index in [2.05, 4.69) is 42.1 Å². The maximum atomic E-state index is 4.04. The molecule has 0 unspecified atom stereocenters. The smallest absolute Gasteiger partial charge is 0.0340 e. The van der Waals surface area contributed by atoms with Gasteiger partial charge >= 0.3 is 0 Å². The first-order valence-electron chi connectivity index (χ1n) is 4.58. The van der Waals surface area contributed by atoms with Crippen LogP contribution in [0.15, 0.2) is 30.6 Å². The largest absolute Gasteiger partial charge is 0.303 e. The highest BCUT2D eigenvalue weighted by molar-refractivity contribution is 5.47. The predicted octanol–water partition coefficient (Wildman–Crippen LogP) is 2.05. The molecule has 0 amide bonds. The summed E-state index contributed by atoms with van der Waals surface area (Å²) in [7, 11) is 2.10. The minimum absolute atomic E-state index is 0.991. The van der Waals surface area contributed by atoms with Gasteiger partial charge in [0.15, 0.2) is 0 Å². The summed E-state index contributed by atoms with van der Waals surface area (Å²) < 4.78 is 0. The zero-order chi connectivity index (χ0) is 9.52. The van der Waals surface area contributed by atoms with E-state index in [1.807, 2.05) is 12.3 Å². The summed E-state index contributed by atoms with van der Waals surface area (Å²) in [5.41, 5.74) is 1.16. The summed E-state index contributed by atoms with van der Waals surface area (Å²) in [6.07, 6.45) is 7.90. The molecule has 0 atom stereocenters. The number of rotatable bonds is 4. The van der Waals surface area contributed by atoms with Gasteiger partial charge in [-0.1, -0.05) is 25.1 Å². The Labute approximate surface area is 79.9 Å². The van der Waals surface area contributed by atoms with Crippen molar-refractivity contribution in [2.45, 2.75) is 6.92 Å². The van der Waals surface area contributed by atoms with Crippen LogP contribution in [0.2, 0.25) is 0 Å². The monoisotopic (exact) mass is 176 g/mol. The Kier molecular flexibility index (Phi) is 4.19. The van der Waals surface area contributed by atoms with Gasteiger partial charge in [0.25, 0.3) is 0 Å². The van der Waals surface area contributed by atoms with Crippen molar-refractivity contribution in [2.24, 2.45) is 0 Å². The van der Waals surface area contributed by atoms with Crippen LogP contribution >= 0.6 is 0 Å². The van der Waals surface area contributed by atoms with E-state index in [1.54, 1.807) is 6.20 Å². The Hall–Kier alpha value is -1.15. The Balaban J connectivity index is 2.41. The van der Waals surface area contributed by atoms with Crippen molar-refractivity contribution in [3.8, 4) is 0 Å². The van der Waals surface area contributed by atoms with E-state index in [9.17, 15) is 0 Å². The number of pyridine rings is 1. The van der Waals surface area contributed by atoms with Gasteiger partial charge < -0.3 is 4.90 Å². The van der Waals surface area contributed by atoms with Gasteiger partial charge in [-0.2, -0.15) is 0 Å². The molecule has 0 saturated carbocycles. The summed E-state index contributed by atoms with van der Waals surface area (Å²) in [5, 5.41) is 0. The van der Waals surface area contributed by atoms with Crippen molar-refractivity contribution < 1.29 is 0 Å².